The Morgan fingerprint density at radius 1 is 0.952 bits per heavy atom. The van der Waals surface area contributed by atoms with Crippen molar-refractivity contribution in [3.05, 3.63) is 65.7 Å². The van der Waals surface area contributed by atoms with E-state index in [1.165, 1.54) is 37.1 Å². The number of hydrogen-bond donors (Lipinski definition) is 0. The van der Waals surface area contributed by atoms with Gasteiger partial charge in [-0.05, 0) is 49.2 Å². The average molecular weight is 279 g/mol. The minimum Gasteiger partial charge on any atom is -0.489 e. The molecular formula is C19H21NO. The van der Waals surface area contributed by atoms with Crippen LogP contribution in [0.1, 0.15) is 29.9 Å². The molecule has 21 heavy (non-hydrogen) atoms. The maximum atomic E-state index is 5.84. The lowest BCUT2D eigenvalue weighted by Gasteiger charge is -2.31. The van der Waals surface area contributed by atoms with Crippen molar-refractivity contribution in [3.63, 3.8) is 0 Å². The molecule has 0 N–H and O–H groups in total. The lowest BCUT2D eigenvalue weighted by atomic mass is 10.1. The van der Waals surface area contributed by atoms with Crippen LogP contribution in [0.25, 0.3) is 0 Å². The van der Waals surface area contributed by atoms with E-state index in [0.717, 1.165) is 17.7 Å². The molecule has 2 aromatic carbocycles. The monoisotopic (exact) mass is 279 g/mol. The largest absolute Gasteiger partial charge is 0.489 e. The summed E-state index contributed by atoms with van der Waals surface area (Å²) in [7, 11) is 0. The van der Waals surface area contributed by atoms with Crippen LogP contribution in [0.4, 0.5) is 0 Å². The number of likely N-dealkylation sites (tertiary alicyclic amines) is 1. The van der Waals surface area contributed by atoms with E-state index in [1.807, 2.05) is 18.2 Å². The molecule has 0 spiro atoms. The molecule has 1 saturated carbocycles. The summed E-state index contributed by atoms with van der Waals surface area (Å²) in [5.74, 6) is 1.72. The highest BCUT2D eigenvalue weighted by atomic mass is 16.5. The topological polar surface area (TPSA) is 12.5 Å². The lowest BCUT2D eigenvalue weighted by Crippen LogP contribution is -2.39. The van der Waals surface area contributed by atoms with E-state index >= 15 is 0 Å². The Balaban J connectivity index is 1.34. The molecule has 1 aliphatic carbocycles. The average Bonchev–Trinajstić information content (AvgIpc) is 3.25. The Kier molecular flexibility index (Phi) is 3.40. The molecule has 2 heteroatoms. The van der Waals surface area contributed by atoms with Crippen molar-refractivity contribution in [2.24, 2.45) is 0 Å². The summed E-state index contributed by atoms with van der Waals surface area (Å²) in [6.45, 7) is 3.25. The van der Waals surface area contributed by atoms with Gasteiger partial charge in [0.1, 0.15) is 12.4 Å². The third kappa shape index (κ3) is 2.81. The summed E-state index contributed by atoms with van der Waals surface area (Å²) in [6.07, 6.45) is 2.72. The smallest absolute Gasteiger partial charge is 0.119 e. The maximum absolute atomic E-state index is 5.84. The molecule has 0 unspecified atom stereocenters. The van der Waals surface area contributed by atoms with Crippen LogP contribution in [0, 0.1) is 0 Å². The fraction of sp³-hybridized carbons (Fsp3) is 0.368. The molecule has 2 fully saturated rings. The van der Waals surface area contributed by atoms with Crippen molar-refractivity contribution < 1.29 is 4.74 Å². The Hall–Kier alpha value is -1.80. The first-order chi connectivity index (χ1) is 10.4. The molecule has 2 atom stereocenters. The zero-order chi connectivity index (χ0) is 14.1. The molecule has 0 radical (unpaired) electrons. The van der Waals surface area contributed by atoms with Gasteiger partial charge < -0.3 is 4.74 Å². The van der Waals surface area contributed by atoms with E-state index in [9.17, 15) is 0 Å². The predicted octanol–water partition coefficient (Wildman–Crippen LogP) is 3.83. The second-order valence-corrected chi connectivity index (χ2v) is 6.14. The molecule has 108 valence electrons. The van der Waals surface area contributed by atoms with Gasteiger partial charge in [0.25, 0.3) is 0 Å². The first kappa shape index (κ1) is 12.9. The summed E-state index contributed by atoms with van der Waals surface area (Å²) in [4.78, 5) is 2.62. The molecule has 0 bridgehead atoms. The van der Waals surface area contributed by atoms with Gasteiger partial charge in [0.05, 0.1) is 0 Å². The molecule has 1 heterocycles. The van der Waals surface area contributed by atoms with E-state index in [-0.39, 0.29) is 0 Å². The van der Waals surface area contributed by atoms with Gasteiger partial charge >= 0.3 is 0 Å². The van der Waals surface area contributed by atoms with Crippen molar-refractivity contribution in [1.82, 2.24) is 4.90 Å². The second kappa shape index (κ2) is 5.53. The summed E-state index contributed by atoms with van der Waals surface area (Å²) in [5.41, 5.74) is 2.68. The van der Waals surface area contributed by atoms with Gasteiger partial charge in [-0.3, -0.25) is 4.90 Å². The Morgan fingerprint density at radius 3 is 2.38 bits per heavy atom. The fourth-order valence-electron chi connectivity index (χ4n) is 3.17. The van der Waals surface area contributed by atoms with Gasteiger partial charge in [0, 0.05) is 12.0 Å². The first-order valence-electron chi connectivity index (χ1n) is 7.91. The highest BCUT2D eigenvalue weighted by molar-refractivity contribution is 5.34. The van der Waals surface area contributed by atoms with E-state index in [2.05, 4.69) is 41.3 Å². The van der Waals surface area contributed by atoms with Crippen LogP contribution >= 0.6 is 0 Å². The summed E-state index contributed by atoms with van der Waals surface area (Å²) in [6, 6.07) is 19.8. The first-order valence-corrected chi connectivity index (χ1v) is 7.91. The number of benzene rings is 2. The van der Waals surface area contributed by atoms with Gasteiger partial charge in [-0.25, -0.2) is 0 Å². The summed E-state index contributed by atoms with van der Waals surface area (Å²) in [5, 5.41) is 0. The third-order valence-corrected chi connectivity index (χ3v) is 4.67. The third-order valence-electron chi connectivity index (χ3n) is 4.67. The Bertz CT molecular complexity index is 589. The molecule has 1 saturated heterocycles. The number of rotatable bonds is 5. The van der Waals surface area contributed by atoms with Gasteiger partial charge in [-0.1, -0.05) is 42.5 Å². The van der Waals surface area contributed by atoms with Crippen molar-refractivity contribution >= 4 is 0 Å². The van der Waals surface area contributed by atoms with Gasteiger partial charge in [0.2, 0.25) is 0 Å². The van der Waals surface area contributed by atoms with Crippen LogP contribution in [0.3, 0.4) is 0 Å². The Labute approximate surface area is 126 Å². The normalized spacial score (nSPS) is 24.4. The van der Waals surface area contributed by atoms with E-state index in [1.54, 1.807) is 0 Å². The van der Waals surface area contributed by atoms with E-state index in [4.69, 9.17) is 4.74 Å². The highest BCUT2D eigenvalue weighted by Gasteiger charge is 2.44. The van der Waals surface area contributed by atoms with E-state index in [0.29, 0.717) is 6.61 Å². The maximum Gasteiger partial charge on any atom is 0.119 e. The number of ether oxygens (including phenoxy) is 1. The molecule has 0 amide bonds. The van der Waals surface area contributed by atoms with Crippen LogP contribution in [-0.2, 0) is 6.61 Å². The summed E-state index contributed by atoms with van der Waals surface area (Å²) < 4.78 is 5.84. The highest BCUT2D eigenvalue weighted by Crippen LogP contribution is 2.46. The van der Waals surface area contributed by atoms with Crippen LogP contribution in [0.2, 0.25) is 0 Å². The van der Waals surface area contributed by atoms with Gasteiger partial charge in [-0.15, -0.1) is 0 Å². The van der Waals surface area contributed by atoms with Gasteiger partial charge in [0.15, 0.2) is 0 Å². The molecule has 0 aromatic heterocycles. The zero-order valence-corrected chi connectivity index (χ0v) is 12.2. The Morgan fingerprint density at radius 2 is 1.71 bits per heavy atom. The number of hydrogen-bond acceptors (Lipinski definition) is 2. The molecule has 4 rings (SSSR count). The fourth-order valence-corrected chi connectivity index (χ4v) is 3.17. The minimum atomic E-state index is 0.639. The van der Waals surface area contributed by atoms with Crippen molar-refractivity contribution in [3.8, 4) is 5.75 Å². The van der Waals surface area contributed by atoms with Crippen LogP contribution < -0.4 is 4.74 Å². The number of nitrogens with zero attached hydrogens (tertiary/aromatic N) is 1. The quantitative estimate of drug-likeness (QED) is 0.825. The van der Waals surface area contributed by atoms with Gasteiger partial charge in [-0.2, -0.15) is 0 Å². The SMILES string of the molecule is c1ccc(COc2ccc([C@@H]3C[C@H]3N3CCC3)cc2)cc1. The minimum absolute atomic E-state index is 0.639. The predicted molar refractivity (Wildman–Crippen MR) is 84.6 cm³/mol. The molecule has 2 aliphatic rings. The summed E-state index contributed by atoms with van der Waals surface area (Å²) >= 11 is 0. The zero-order valence-electron chi connectivity index (χ0n) is 12.2. The van der Waals surface area contributed by atoms with Crippen LogP contribution in [-0.4, -0.2) is 24.0 Å². The second-order valence-electron chi connectivity index (χ2n) is 6.14. The lowest BCUT2D eigenvalue weighted by molar-refractivity contribution is 0.168. The van der Waals surface area contributed by atoms with Crippen LogP contribution in [0.15, 0.2) is 54.6 Å². The molecule has 1 aliphatic heterocycles. The van der Waals surface area contributed by atoms with E-state index < -0.39 is 0 Å². The molecular weight excluding hydrogens is 258 g/mol. The standard InChI is InChI=1S/C19H21NO/c1-2-5-15(6-3-1)14-21-17-9-7-16(8-10-17)18-13-19(18)20-11-4-12-20/h1-3,5-10,18-19H,4,11-14H2/t18-,19+/m0/s1. The van der Waals surface area contributed by atoms with Crippen LogP contribution in [0.5, 0.6) is 5.75 Å². The van der Waals surface area contributed by atoms with Crippen molar-refractivity contribution in [2.45, 2.75) is 31.4 Å². The van der Waals surface area contributed by atoms with Crippen molar-refractivity contribution in [2.75, 3.05) is 13.1 Å². The molecule has 2 nitrogen and oxygen atoms in total. The molecule has 2 aromatic rings. The van der Waals surface area contributed by atoms with Crippen molar-refractivity contribution in [1.29, 1.82) is 0 Å².